The van der Waals surface area contributed by atoms with Crippen LogP contribution in [0.3, 0.4) is 0 Å². The van der Waals surface area contributed by atoms with Crippen molar-refractivity contribution in [1.29, 1.82) is 0 Å². The van der Waals surface area contributed by atoms with Gasteiger partial charge < -0.3 is 9.26 Å². The van der Waals surface area contributed by atoms with Crippen molar-refractivity contribution in [3.63, 3.8) is 0 Å². The molecule has 1 atom stereocenters. The first-order valence-corrected chi connectivity index (χ1v) is 7.77. The van der Waals surface area contributed by atoms with Crippen LogP contribution in [-0.4, -0.2) is 15.1 Å². The average Bonchev–Trinajstić information content (AvgIpc) is 3.04. The first-order chi connectivity index (χ1) is 10.8. The van der Waals surface area contributed by atoms with E-state index in [1.54, 1.807) is 18.0 Å². The van der Waals surface area contributed by atoms with E-state index in [0.29, 0.717) is 11.7 Å². The highest BCUT2D eigenvalue weighted by atomic mass is 32.2. The number of thioether (sulfide) groups is 1. The van der Waals surface area contributed by atoms with Crippen LogP contribution in [0.2, 0.25) is 0 Å². The molecule has 0 saturated carbocycles. The normalized spacial score (nSPS) is 12.0. The van der Waals surface area contributed by atoms with Gasteiger partial charge in [0.25, 0.3) is 0 Å². The number of para-hydroxylation sites is 1. The van der Waals surface area contributed by atoms with E-state index in [-0.39, 0.29) is 11.9 Å². The summed E-state index contributed by atoms with van der Waals surface area (Å²) in [6.07, 6.45) is 1.77. The number of hydrogen-bond donors (Lipinski definition) is 0. The van der Waals surface area contributed by atoms with Gasteiger partial charge in [0.15, 0.2) is 6.61 Å². The lowest BCUT2D eigenvalue weighted by Crippen LogP contribution is -1.98. The second-order valence-electron chi connectivity index (χ2n) is 4.58. The predicted octanol–water partition coefficient (Wildman–Crippen LogP) is 3.90. The fraction of sp³-hybridized carbons (Fsp3) is 0.188. The third kappa shape index (κ3) is 3.85. The summed E-state index contributed by atoms with van der Waals surface area (Å²) in [5.41, 5.74) is 0. The van der Waals surface area contributed by atoms with Crippen molar-refractivity contribution in [1.82, 2.24) is 15.1 Å². The Kier molecular flexibility index (Phi) is 4.70. The number of rotatable bonds is 6. The molecule has 0 radical (unpaired) electrons. The third-order valence-corrected chi connectivity index (χ3v) is 3.92. The van der Waals surface area contributed by atoms with Gasteiger partial charge in [-0.05, 0) is 31.2 Å². The summed E-state index contributed by atoms with van der Waals surface area (Å²) in [5, 5.41) is 4.91. The molecule has 1 aromatic carbocycles. The first kappa shape index (κ1) is 14.6. The van der Waals surface area contributed by atoms with Crippen LogP contribution in [0.4, 0.5) is 0 Å². The number of hydrogen-bond acceptors (Lipinski definition) is 6. The minimum Gasteiger partial charge on any atom is -0.485 e. The molecule has 0 bridgehead atoms. The lowest BCUT2D eigenvalue weighted by Gasteiger charge is -2.04. The van der Waals surface area contributed by atoms with Crippen LogP contribution in [0.1, 0.15) is 23.9 Å². The quantitative estimate of drug-likeness (QED) is 0.643. The summed E-state index contributed by atoms with van der Waals surface area (Å²) in [4.78, 5) is 8.65. The number of pyridine rings is 1. The standard InChI is InChI=1S/C16H15N3O2S/c1-12(22-15-9-5-6-10-17-15)16-18-14(19-21-16)11-20-13-7-3-2-4-8-13/h2-10,12H,11H2,1H3/t12-/m0/s1. The van der Waals surface area contributed by atoms with Gasteiger partial charge in [-0.25, -0.2) is 4.98 Å². The molecule has 0 unspecified atom stereocenters. The van der Waals surface area contributed by atoms with E-state index in [1.165, 1.54) is 0 Å². The molecule has 112 valence electrons. The Balaban J connectivity index is 1.58. The molecule has 0 amide bonds. The maximum Gasteiger partial charge on any atom is 0.240 e. The summed E-state index contributed by atoms with van der Waals surface area (Å²) in [6, 6.07) is 15.4. The second kappa shape index (κ2) is 7.09. The molecule has 3 rings (SSSR count). The van der Waals surface area contributed by atoms with E-state index in [9.17, 15) is 0 Å². The zero-order valence-corrected chi connectivity index (χ0v) is 12.9. The van der Waals surface area contributed by atoms with Gasteiger partial charge in [0.2, 0.25) is 11.7 Å². The lowest BCUT2D eigenvalue weighted by atomic mass is 10.3. The first-order valence-electron chi connectivity index (χ1n) is 6.89. The van der Waals surface area contributed by atoms with Crippen molar-refractivity contribution < 1.29 is 9.26 Å². The number of ether oxygens (including phenoxy) is 1. The van der Waals surface area contributed by atoms with Crippen LogP contribution in [-0.2, 0) is 6.61 Å². The highest BCUT2D eigenvalue weighted by Crippen LogP contribution is 2.32. The highest BCUT2D eigenvalue weighted by Gasteiger charge is 2.16. The van der Waals surface area contributed by atoms with Crippen LogP contribution >= 0.6 is 11.8 Å². The average molecular weight is 313 g/mol. The molecule has 0 aliphatic heterocycles. The topological polar surface area (TPSA) is 61.0 Å². The molecular formula is C16H15N3O2S. The largest absolute Gasteiger partial charge is 0.485 e. The Labute approximate surface area is 132 Å². The van der Waals surface area contributed by atoms with Crippen molar-refractivity contribution in [2.75, 3.05) is 0 Å². The Bertz CT molecular complexity index is 704. The van der Waals surface area contributed by atoms with Gasteiger partial charge in [-0.3, -0.25) is 0 Å². The molecule has 2 aromatic heterocycles. The number of benzene rings is 1. The van der Waals surface area contributed by atoms with E-state index in [0.717, 1.165) is 10.8 Å². The number of nitrogens with zero attached hydrogens (tertiary/aromatic N) is 3. The maximum absolute atomic E-state index is 5.60. The summed E-state index contributed by atoms with van der Waals surface area (Å²) < 4.78 is 10.9. The molecule has 0 aliphatic carbocycles. The molecule has 0 N–H and O–H groups in total. The van der Waals surface area contributed by atoms with Gasteiger partial charge in [-0.2, -0.15) is 4.98 Å². The monoisotopic (exact) mass is 313 g/mol. The predicted molar refractivity (Wildman–Crippen MR) is 83.6 cm³/mol. The summed E-state index contributed by atoms with van der Waals surface area (Å²) in [5.74, 6) is 1.89. The van der Waals surface area contributed by atoms with E-state index in [2.05, 4.69) is 15.1 Å². The van der Waals surface area contributed by atoms with Crippen LogP contribution in [0.5, 0.6) is 5.75 Å². The fourth-order valence-electron chi connectivity index (χ4n) is 1.80. The number of aromatic nitrogens is 3. The van der Waals surface area contributed by atoms with Crippen LogP contribution in [0.25, 0.3) is 0 Å². The summed E-state index contributed by atoms with van der Waals surface area (Å²) >= 11 is 1.58. The minimum atomic E-state index is 0.0351. The van der Waals surface area contributed by atoms with Crippen molar-refractivity contribution in [2.24, 2.45) is 0 Å². The molecule has 0 saturated heterocycles. The lowest BCUT2D eigenvalue weighted by molar-refractivity contribution is 0.285. The molecular weight excluding hydrogens is 298 g/mol. The zero-order valence-electron chi connectivity index (χ0n) is 12.0. The molecule has 0 spiro atoms. The van der Waals surface area contributed by atoms with E-state index in [1.807, 2.05) is 55.5 Å². The SMILES string of the molecule is C[C@H](Sc1ccccn1)c1nc(COc2ccccc2)no1. The van der Waals surface area contributed by atoms with Crippen molar-refractivity contribution in [2.45, 2.75) is 23.8 Å². The molecule has 5 nitrogen and oxygen atoms in total. The third-order valence-electron chi connectivity index (χ3n) is 2.88. The van der Waals surface area contributed by atoms with Crippen molar-refractivity contribution in [3.05, 3.63) is 66.4 Å². The molecule has 6 heteroatoms. The van der Waals surface area contributed by atoms with Crippen LogP contribution < -0.4 is 4.74 Å². The summed E-state index contributed by atoms with van der Waals surface area (Å²) in [6.45, 7) is 2.29. The zero-order chi connectivity index (χ0) is 15.2. The minimum absolute atomic E-state index is 0.0351. The molecule has 0 aliphatic rings. The van der Waals surface area contributed by atoms with E-state index < -0.39 is 0 Å². The molecule has 2 heterocycles. The fourth-order valence-corrected chi connectivity index (χ4v) is 2.64. The Morgan fingerprint density at radius 2 is 1.95 bits per heavy atom. The Morgan fingerprint density at radius 1 is 1.14 bits per heavy atom. The van der Waals surface area contributed by atoms with Crippen LogP contribution in [0.15, 0.2) is 64.3 Å². The van der Waals surface area contributed by atoms with Gasteiger partial charge in [-0.15, -0.1) is 0 Å². The van der Waals surface area contributed by atoms with Crippen LogP contribution in [0, 0.1) is 0 Å². The van der Waals surface area contributed by atoms with Crippen molar-refractivity contribution >= 4 is 11.8 Å². The van der Waals surface area contributed by atoms with Gasteiger partial charge >= 0.3 is 0 Å². The maximum atomic E-state index is 5.60. The smallest absolute Gasteiger partial charge is 0.240 e. The van der Waals surface area contributed by atoms with Gasteiger partial charge in [-0.1, -0.05) is 41.2 Å². The summed E-state index contributed by atoms with van der Waals surface area (Å²) in [7, 11) is 0. The van der Waals surface area contributed by atoms with Crippen molar-refractivity contribution in [3.8, 4) is 5.75 Å². The van der Waals surface area contributed by atoms with E-state index in [4.69, 9.17) is 9.26 Å². The molecule has 3 aromatic rings. The Hall–Kier alpha value is -2.34. The van der Waals surface area contributed by atoms with Gasteiger partial charge in [0.1, 0.15) is 5.75 Å². The second-order valence-corrected chi connectivity index (χ2v) is 5.94. The highest BCUT2D eigenvalue weighted by molar-refractivity contribution is 7.99. The Morgan fingerprint density at radius 3 is 2.73 bits per heavy atom. The molecule has 0 fully saturated rings. The van der Waals surface area contributed by atoms with Gasteiger partial charge in [0.05, 0.1) is 10.3 Å². The van der Waals surface area contributed by atoms with Gasteiger partial charge in [0, 0.05) is 6.20 Å². The van der Waals surface area contributed by atoms with E-state index >= 15 is 0 Å². The molecule has 22 heavy (non-hydrogen) atoms.